The molecular formula is C15H21N3O2. The van der Waals surface area contributed by atoms with Crippen molar-refractivity contribution in [2.75, 3.05) is 25.5 Å². The highest BCUT2D eigenvalue weighted by atomic mass is 16.2. The summed E-state index contributed by atoms with van der Waals surface area (Å²) in [4.78, 5) is 23.4. The first-order valence-corrected chi connectivity index (χ1v) is 7.04. The second-order valence-electron chi connectivity index (χ2n) is 5.05. The fourth-order valence-corrected chi connectivity index (χ4v) is 1.86. The minimum atomic E-state index is -0.0822. The fourth-order valence-electron chi connectivity index (χ4n) is 1.86. The van der Waals surface area contributed by atoms with Crippen LogP contribution >= 0.6 is 0 Å². The van der Waals surface area contributed by atoms with Crippen LogP contribution in [0.25, 0.3) is 0 Å². The molecule has 1 aliphatic carbocycles. The number of anilines is 1. The van der Waals surface area contributed by atoms with Gasteiger partial charge in [0.25, 0.3) is 5.91 Å². The summed E-state index contributed by atoms with van der Waals surface area (Å²) in [6, 6.07) is 7.00. The minimum Gasteiger partial charge on any atom is -0.352 e. The van der Waals surface area contributed by atoms with Gasteiger partial charge in [0.2, 0.25) is 5.91 Å². The highest BCUT2D eigenvalue weighted by Crippen LogP contribution is 2.30. The molecule has 3 N–H and O–H groups in total. The largest absolute Gasteiger partial charge is 0.352 e. The zero-order chi connectivity index (χ0) is 14.4. The molecule has 0 heterocycles. The van der Waals surface area contributed by atoms with Crippen molar-refractivity contribution in [2.45, 2.75) is 19.3 Å². The molecule has 0 unspecified atom stereocenters. The van der Waals surface area contributed by atoms with Crippen LogP contribution in [0.4, 0.5) is 5.69 Å². The van der Waals surface area contributed by atoms with Crippen LogP contribution in [0.2, 0.25) is 0 Å². The molecule has 5 nitrogen and oxygen atoms in total. The lowest BCUT2D eigenvalue weighted by atomic mass is 10.2. The van der Waals surface area contributed by atoms with Gasteiger partial charge in [0.05, 0.1) is 0 Å². The van der Waals surface area contributed by atoms with E-state index in [1.165, 1.54) is 0 Å². The smallest absolute Gasteiger partial charge is 0.251 e. The Balaban J connectivity index is 1.80. The third-order valence-electron chi connectivity index (χ3n) is 3.25. The lowest BCUT2D eigenvalue weighted by Gasteiger charge is -2.07. The Bertz CT molecular complexity index is 467. The zero-order valence-electron chi connectivity index (χ0n) is 11.7. The predicted molar refractivity (Wildman–Crippen MR) is 78.7 cm³/mol. The van der Waals surface area contributed by atoms with Crippen molar-refractivity contribution in [3.05, 3.63) is 29.8 Å². The molecular weight excluding hydrogens is 254 g/mol. The Hall–Kier alpha value is -1.88. The molecule has 1 aromatic carbocycles. The molecule has 108 valence electrons. The average Bonchev–Trinajstić information content (AvgIpc) is 3.29. The normalized spacial score (nSPS) is 13.8. The molecule has 1 saturated carbocycles. The minimum absolute atomic E-state index is 0.0780. The molecule has 0 radical (unpaired) electrons. The number of hydrogen-bond donors (Lipinski definition) is 3. The highest BCUT2D eigenvalue weighted by molar-refractivity contribution is 5.96. The molecule has 1 aliphatic rings. The van der Waals surface area contributed by atoms with E-state index in [1.54, 1.807) is 24.3 Å². The van der Waals surface area contributed by atoms with Gasteiger partial charge in [-0.1, -0.05) is 0 Å². The number of carbonyl (C=O) groups is 2. The standard InChI is InChI=1S/C15H21N3O2/c1-16-9-2-10-17-14(19)11-5-7-13(8-6-11)18-15(20)12-3-4-12/h5-8,12,16H,2-4,9-10H2,1H3,(H,17,19)(H,18,20). The molecule has 0 saturated heterocycles. The molecule has 0 bridgehead atoms. The van der Waals surface area contributed by atoms with Crippen LogP contribution in [0, 0.1) is 5.92 Å². The summed E-state index contributed by atoms with van der Waals surface area (Å²) < 4.78 is 0. The first kappa shape index (κ1) is 14.5. The monoisotopic (exact) mass is 275 g/mol. The van der Waals surface area contributed by atoms with Gasteiger partial charge >= 0.3 is 0 Å². The van der Waals surface area contributed by atoms with E-state index in [-0.39, 0.29) is 17.7 Å². The first-order valence-electron chi connectivity index (χ1n) is 7.04. The number of rotatable bonds is 7. The number of nitrogens with one attached hydrogen (secondary N) is 3. The number of amides is 2. The molecule has 0 aromatic heterocycles. The molecule has 1 fully saturated rings. The van der Waals surface area contributed by atoms with Crippen LogP contribution in [0.15, 0.2) is 24.3 Å². The quantitative estimate of drug-likeness (QED) is 0.658. The van der Waals surface area contributed by atoms with Crippen LogP contribution in [0.5, 0.6) is 0 Å². The van der Waals surface area contributed by atoms with E-state index >= 15 is 0 Å². The van der Waals surface area contributed by atoms with Crippen molar-refractivity contribution in [3.63, 3.8) is 0 Å². The van der Waals surface area contributed by atoms with Crippen molar-refractivity contribution in [2.24, 2.45) is 5.92 Å². The van der Waals surface area contributed by atoms with E-state index in [4.69, 9.17) is 0 Å². The van der Waals surface area contributed by atoms with Gasteiger partial charge in [0.15, 0.2) is 0 Å². The Morgan fingerprint density at radius 2 is 1.85 bits per heavy atom. The predicted octanol–water partition coefficient (Wildman–Crippen LogP) is 1.37. The lowest BCUT2D eigenvalue weighted by Crippen LogP contribution is -2.26. The Morgan fingerprint density at radius 1 is 1.15 bits per heavy atom. The van der Waals surface area contributed by atoms with Gasteiger partial charge in [-0.2, -0.15) is 0 Å². The summed E-state index contributed by atoms with van der Waals surface area (Å²) in [5.41, 5.74) is 1.35. The highest BCUT2D eigenvalue weighted by Gasteiger charge is 2.29. The molecule has 0 aliphatic heterocycles. The van der Waals surface area contributed by atoms with Crippen molar-refractivity contribution in [1.29, 1.82) is 0 Å². The first-order chi connectivity index (χ1) is 9.70. The van der Waals surface area contributed by atoms with Crippen LogP contribution in [0.3, 0.4) is 0 Å². The Morgan fingerprint density at radius 3 is 2.45 bits per heavy atom. The van der Waals surface area contributed by atoms with Gasteiger partial charge in [-0.15, -0.1) is 0 Å². The van der Waals surface area contributed by atoms with E-state index in [9.17, 15) is 9.59 Å². The zero-order valence-corrected chi connectivity index (χ0v) is 11.7. The molecule has 1 aromatic rings. The van der Waals surface area contributed by atoms with Crippen molar-refractivity contribution in [3.8, 4) is 0 Å². The third kappa shape index (κ3) is 4.35. The van der Waals surface area contributed by atoms with Gasteiger partial charge < -0.3 is 16.0 Å². The molecule has 2 rings (SSSR count). The molecule has 20 heavy (non-hydrogen) atoms. The summed E-state index contributed by atoms with van der Waals surface area (Å²) in [5, 5.41) is 8.74. The summed E-state index contributed by atoms with van der Waals surface area (Å²) in [6.45, 7) is 1.53. The summed E-state index contributed by atoms with van der Waals surface area (Å²) in [5.74, 6) is 0.181. The van der Waals surface area contributed by atoms with Crippen molar-refractivity contribution >= 4 is 17.5 Å². The van der Waals surface area contributed by atoms with Crippen LogP contribution < -0.4 is 16.0 Å². The third-order valence-corrected chi connectivity index (χ3v) is 3.25. The average molecular weight is 275 g/mol. The Labute approximate surface area is 119 Å². The second kappa shape index (κ2) is 7.05. The van der Waals surface area contributed by atoms with E-state index in [0.717, 1.165) is 31.5 Å². The van der Waals surface area contributed by atoms with E-state index < -0.39 is 0 Å². The number of benzene rings is 1. The van der Waals surface area contributed by atoms with E-state index in [0.29, 0.717) is 12.1 Å². The number of carbonyl (C=O) groups excluding carboxylic acids is 2. The molecule has 0 atom stereocenters. The van der Waals surface area contributed by atoms with Crippen LogP contribution in [0.1, 0.15) is 29.6 Å². The number of hydrogen-bond acceptors (Lipinski definition) is 3. The summed E-state index contributed by atoms with van der Waals surface area (Å²) >= 11 is 0. The maximum Gasteiger partial charge on any atom is 0.251 e. The molecule has 2 amide bonds. The Kier molecular flexibility index (Phi) is 5.12. The van der Waals surface area contributed by atoms with Crippen molar-refractivity contribution < 1.29 is 9.59 Å². The molecule has 5 heteroatoms. The van der Waals surface area contributed by atoms with Crippen LogP contribution in [-0.4, -0.2) is 32.0 Å². The summed E-state index contributed by atoms with van der Waals surface area (Å²) in [6.07, 6.45) is 2.87. The second-order valence-corrected chi connectivity index (χ2v) is 5.05. The van der Waals surface area contributed by atoms with Crippen LogP contribution in [-0.2, 0) is 4.79 Å². The topological polar surface area (TPSA) is 70.2 Å². The van der Waals surface area contributed by atoms with Gasteiger partial charge in [0, 0.05) is 23.7 Å². The van der Waals surface area contributed by atoms with Gasteiger partial charge in [-0.3, -0.25) is 9.59 Å². The van der Waals surface area contributed by atoms with Crippen molar-refractivity contribution in [1.82, 2.24) is 10.6 Å². The summed E-state index contributed by atoms with van der Waals surface area (Å²) in [7, 11) is 1.89. The lowest BCUT2D eigenvalue weighted by molar-refractivity contribution is -0.117. The van der Waals surface area contributed by atoms with E-state index in [2.05, 4.69) is 16.0 Å². The SMILES string of the molecule is CNCCCNC(=O)c1ccc(NC(=O)C2CC2)cc1. The van der Waals surface area contributed by atoms with Gasteiger partial charge in [0.1, 0.15) is 0 Å². The maximum absolute atomic E-state index is 11.8. The van der Waals surface area contributed by atoms with E-state index in [1.807, 2.05) is 7.05 Å². The molecule has 0 spiro atoms. The maximum atomic E-state index is 11.8. The van der Waals surface area contributed by atoms with Gasteiger partial charge in [-0.25, -0.2) is 0 Å². The fraction of sp³-hybridized carbons (Fsp3) is 0.467. The van der Waals surface area contributed by atoms with Gasteiger partial charge in [-0.05, 0) is 57.1 Å².